The summed E-state index contributed by atoms with van der Waals surface area (Å²) in [6, 6.07) is 8.10. The molecule has 1 aliphatic heterocycles. The van der Waals surface area contributed by atoms with E-state index in [-0.39, 0.29) is 17.0 Å². The van der Waals surface area contributed by atoms with E-state index in [0.29, 0.717) is 12.1 Å². The second-order valence-electron chi connectivity index (χ2n) is 9.68. The second kappa shape index (κ2) is 9.67. The minimum absolute atomic E-state index is 0.0764. The fourth-order valence-corrected chi connectivity index (χ4v) is 4.37. The maximum absolute atomic E-state index is 14.3. The Hall–Kier alpha value is -2.68. The van der Waals surface area contributed by atoms with Crippen molar-refractivity contribution < 1.29 is 17.6 Å². The molecule has 2 aromatic rings. The van der Waals surface area contributed by atoms with Crippen LogP contribution in [0.25, 0.3) is 0 Å². The van der Waals surface area contributed by atoms with Crippen molar-refractivity contribution in [2.75, 3.05) is 29.0 Å². The summed E-state index contributed by atoms with van der Waals surface area (Å²) < 4.78 is 39.2. The van der Waals surface area contributed by atoms with E-state index in [1.165, 1.54) is 12.1 Å². The molecule has 0 radical (unpaired) electrons. The van der Waals surface area contributed by atoms with E-state index in [9.17, 15) is 17.6 Å². The summed E-state index contributed by atoms with van der Waals surface area (Å²) in [4.78, 5) is 20.0. The first-order valence-electron chi connectivity index (χ1n) is 11.2. The molecule has 3 rings (SSSR count). The van der Waals surface area contributed by atoms with E-state index >= 15 is 0 Å². The number of nitrogens with one attached hydrogen (secondary N) is 2. The van der Waals surface area contributed by atoms with Crippen LogP contribution in [0.3, 0.4) is 0 Å². The Kier molecular flexibility index (Phi) is 7.31. The Balaban J connectivity index is 1.74. The number of halogens is 1. The highest BCUT2D eigenvalue weighted by molar-refractivity contribution is 7.92. The summed E-state index contributed by atoms with van der Waals surface area (Å²) in [5.74, 6) is -0.666. The van der Waals surface area contributed by atoms with Gasteiger partial charge in [-0.2, -0.15) is 0 Å². The maximum atomic E-state index is 14.3. The lowest BCUT2D eigenvalue weighted by Crippen LogP contribution is -2.30. The number of hydrogen-bond donors (Lipinski definition) is 2. The van der Waals surface area contributed by atoms with E-state index < -0.39 is 21.8 Å². The Morgan fingerprint density at radius 1 is 1.18 bits per heavy atom. The molecule has 33 heavy (non-hydrogen) atoms. The monoisotopic (exact) mass is 476 g/mol. The van der Waals surface area contributed by atoms with Gasteiger partial charge in [0.1, 0.15) is 11.6 Å². The summed E-state index contributed by atoms with van der Waals surface area (Å²) in [7, 11) is -3.59. The average molecular weight is 477 g/mol. The van der Waals surface area contributed by atoms with Crippen LogP contribution in [0.5, 0.6) is 0 Å². The Morgan fingerprint density at radius 3 is 2.42 bits per heavy atom. The van der Waals surface area contributed by atoms with E-state index in [4.69, 9.17) is 4.98 Å². The molecule has 1 saturated heterocycles. The summed E-state index contributed by atoms with van der Waals surface area (Å²) in [6.45, 7) is 10.3. The zero-order valence-electron chi connectivity index (χ0n) is 19.9. The maximum Gasteiger partial charge on any atom is 0.229 e. The minimum atomic E-state index is -3.59. The number of benzene rings is 1. The summed E-state index contributed by atoms with van der Waals surface area (Å²) >= 11 is 0. The quantitative estimate of drug-likeness (QED) is 0.632. The molecule has 180 valence electrons. The lowest BCUT2D eigenvalue weighted by molar-refractivity contribution is -0.122. The van der Waals surface area contributed by atoms with Crippen molar-refractivity contribution in [1.82, 2.24) is 10.3 Å². The number of amides is 1. The molecule has 1 fully saturated rings. The van der Waals surface area contributed by atoms with Gasteiger partial charge in [-0.1, -0.05) is 32.9 Å². The number of sulfonamides is 1. The standard InChI is InChI=1S/C24H33FN4O3S/c1-16(17-8-10-20(19(25)14-17)28-33(5,31)32)23(30)26-15-18-9-11-21(24(2,3)4)27-22(18)29-12-6-7-13-29/h8-11,14,16,28H,6-7,12-13,15H2,1-5H3,(H,26,30). The molecule has 1 aliphatic rings. The molecular formula is C24H33FN4O3S. The van der Waals surface area contributed by atoms with Gasteiger partial charge >= 0.3 is 0 Å². The zero-order chi connectivity index (χ0) is 24.4. The van der Waals surface area contributed by atoms with Crippen molar-refractivity contribution in [2.45, 2.75) is 58.4 Å². The molecule has 0 bridgehead atoms. The summed E-state index contributed by atoms with van der Waals surface area (Å²) in [5, 5.41) is 2.95. The molecule has 1 unspecified atom stereocenters. The molecule has 2 heterocycles. The van der Waals surface area contributed by atoms with E-state index in [2.05, 4.69) is 35.7 Å². The topological polar surface area (TPSA) is 91.4 Å². The van der Waals surface area contributed by atoms with Gasteiger partial charge in [0.15, 0.2) is 0 Å². The van der Waals surface area contributed by atoms with Crippen molar-refractivity contribution in [3.8, 4) is 0 Å². The van der Waals surface area contributed by atoms with Crippen molar-refractivity contribution in [2.24, 2.45) is 0 Å². The molecule has 9 heteroatoms. The smallest absolute Gasteiger partial charge is 0.229 e. The molecule has 1 atom stereocenters. The number of nitrogens with zero attached hydrogens (tertiary/aromatic N) is 2. The van der Waals surface area contributed by atoms with Crippen LogP contribution in [0.15, 0.2) is 30.3 Å². The Bertz CT molecular complexity index is 1120. The van der Waals surface area contributed by atoms with Gasteiger partial charge in [-0.3, -0.25) is 9.52 Å². The third kappa shape index (κ3) is 6.43. The van der Waals surface area contributed by atoms with Crippen LogP contribution >= 0.6 is 0 Å². The van der Waals surface area contributed by atoms with Crippen LogP contribution < -0.4 is 14.9 Å². The summed E-state index contributed by atoms with van der Waals surface area (Å²) in [6.07, 6.45) is 3.20. The molecule has 2 N–H and O–H groups in total. The molecule has 1 amide bonds. The second-order valence-corrected chi connectivity index (χ2v) is 11.4. The molecule has 1 aromatic heterocycles. The normalized spacial score (nSPS) is 15.4. The fraction of sp³-hybridized carbons (Fsp3) is 0.500. The number of hydrogen-bond acceptors (Lipinski definition) is 5. The highest BCUT2D eigenvalue weighted by Crippen LogP contribution is 2.28. The lowest BCUT2D eigenvalue weighted by Gasteiger charge is -2.25. The van der Waals surface area contributed by atoms with Crippen LogP contribution in [-0.4, -0.2) is 38.7 Å². The average Bonchev–Trinajstić information content (AvgIpc) is 3.26. The van der Waals surface area contributed by atoms with Gasteiger partial charge in [0.05, 0.1) is 17.9 Å². The van der Waals surface area contributed by atoms with Gasteiger partial charge in [-0.25, -0.2) is 17.8 Å². The third-order valence-electron chi connectivity index (χ3n) is 5.76. The van der Waals surface area contributed by atoms with Crippen LogP contribution in [0.4, 0.5) is 15.9 Å². The number of rotatable bonds is 7. The molecule has 0 spiro atoms. The van der Waals surface area contributed by atoms with Crippen LogP contribution in [0.2, 0.25) is 0 Å². The first kappa shape index (κ1) is 25.0. The van der Waals surface area contributed by atoms with Crippen LogP contribution in [0.1, 0.15) is 63.3 Å². The molecule has 7 nitrogen and oxygen atoms in total. The van der Waals surface area contributed by atoms with Crippen molar-refractivity contribution in [1.29, 1.82) is 0 Å². The molecular weight excluding hydrogens is 443 g/mol. The van der Waals surface area contributed by atoms with Crippen molar-refractivity contribution in [3.63, 3.8) is 0 Å². The van der Waals surface area contributed by atoms with Gasteiger partial charge in [-0.15, -0.1) is 0 Å². The van der Waals surface area contributed by atoms with E-state index in [0.717, 1.165) is 49.3 Å². The lowest BCUT2D eigenvalue weighted by atomic mass is 9.91. The first-order chi connectivity index (χ1) is 15.3. The van der Waals surface area contributed by atoms with E-state index in [1.807, 2.05) is 12.1 Å². The first-order valence-corrected chi connectivity index (χ1v) is 13.0. The van der Waals surface area contributed by atoms with Gasteiger partial charge in [0.25, 0.3) is 0 Å². The van der Waals surface area contributed by atoms with E-state index in [1.54, 1.807) is 13.0 Å². The van der Waals surface area contributed by atoms with Crippen LogP contribution in [0, 0.1) is 5.82 Å². The van der Waals surface area contributed by atoms with Gasteiger partial charge < -0.3 is 10.2 Å². The predicted octanol–water partition coefficient (Wildman–Crippen LogP) is 3.91. The Morgan fingerprint density at radius 2 is 1.85 bits per heavy atom. The number of anilines is 2. The zero-order valence-corrected chi connectivity index (χ0v) is 20.7. The third-order valence-corrected chi connectivity index (χ3v) is 6.36. The highest BCUT2D eigenvalue weighted by atomic mass is 32.2. The summed E-state index contributed by atoms with van der Waals surface area (Å²) in [5.41, 5.74) is 2.20. The minimum Gasteiger partial charge on any atom is -0.356 e. The Labute approximate surface area is 195 Å². The van der Waals surface area contributed by atoms with Gasteiger partial charge in [0.2, 0.25) is 15.9 Å². The molecule has 0 saturated carbocycles. The molecule has 0 aliphatic carbocycles. The predicted molar refractivity (Wildman–Crippen MR) is 130 cm³/mol. The largest absolute Gasteiger partial charge is 0.356 e. The number of carbonyl (C=O) groups excluding carboxylic acids is 1. The SMILES string of the molecule is CC(C(=O)NCc1ccc(C(C)(C)C)nc1N1CCCC1)c1ccc(NS(C)(=O)=O)c(F)c1. The van der Waals surface area contributed by atoms with Crippen LogP contribution in [-0.2, 0) is 26.8 Å². The highest BCUT2D eigenvalue weighted by Gasteiger charge is 2.23. The van der Waals surface area contributed by atoms with Gasteiger partial charge in [0, 0.05) is 36.3 Å². The fourth-order valence-electron chi connectivity index (χ4n) is 3.81. The molecule has 1 aromatic carbocycles. The number of carbonyl (C=O) groups is 1. The number of pyridine rings is 1. The number of aromatic nitrogens is 1. The van der Waals surface area contributed by atoms with Gasteiger partial charge in [-0.05, 0) is 43.5 Å². The van der Waals surface area contributed by atoms with Crippen molar-refractivity contribution >= 4 is 27.4 Å². The van der Waals surface area contributed by atoms with Crippen molar-refractivity contribution in [3.05, 3.63) is 53.0 Å².